The van der Waals surface area contributed by atoms with Crippen LogP contribution in [0, 0.1) is 11.3 Å². The second-order valence-electron chi connectivity index (χ2n) is 4.50. The molecule has 2 rings (SSSR count). The topological polar surface area (TPSA) is 29.4 Å². The van der Waals surface area contributed by atoms with E-state index < -0.39 is 17.3 Å². The van der Waals surface area contributed by atoms with Gasteiger partial charge in [0.1, 0.15) is 5.78 Å². The number of fused-ring (bicyclic) bond motifs is 1. The number of rotatable bonds is 3. The highest BCUT2D eigenvalue weighted by molar-refractivity contribution is 5.98. The van der Waals surface area contributed by atoms with Gasteiger partial charge in [-0.3, -0.25) is 9.79 Å². The molecule has 0 aromatic carbocycles. The number of ketones is 1. The lowest BCUT2D eigenvalue weighted by molar-refractivity contribution is -0.120. The van der Waals surface area contributed by atoms with Crippen LogP contribution >= 0.6 is 0 Å². The van der Waals surface area contributed by atoms with Gasteiger partial charge in [-0.2, -0.15) is 0 Å². The first-order valence-corrected chi connectivity index (χ1v) is 5.58. The minimum atomic E-state index is -2.75. The van der Waals surface area contributed by atoms with Gasteiger partial charge in [0.25, 0.3) is 5.92 Å². The molecule has 2 aliphatic rings. The molecule has 0 amide bonds. The van der Waals surface area contributed by atoms with Crippen molar-refractivity contribution in [1.82, 2.24) is 0 Å². The maximum atomic E-state index is 13.8. The molecule has 0 radical (unpaired) electrons. The third-order valence-electron chi connectivity index (χ3n) is 3.87. The Morgan fingerprint density at radius 1 is 1.69 bits per heavy atom. The van der Waals surface area contributed by atoms with E-state index in [1.54, 1.807) is 0 Å². The molecule has 0 N–H and O–H groups in total. The largest absolute Gasteiger partial charge is 0.300 e. The summed E-state index contributed by atoms with van der Waals surface area (Å²) in [5, 5.41) is 0. The Labute approximate surface area is 93.4 Å². The van der Waals surface area contributed by atoms with Crippen LogP contribution in [0.4, 0.5) is 8.78 Å². The molecule has 0 spiro atoms. The van der Waals surface area contributed by atoms with Crippen molar-refractivity contribution in [3.05, 3.63) is 12.8 Å². The van der Waals surface area contributed by atoms with Gasteiger partial charge in [-0.1, -0.05) is 13.5 Å². The molecule has 88 valence electrons. The van der Waals surface area contributed by atoms with Crippen molar-refractivity contribution >= 4 is 11.5 Å². The van der Waals surface area contributed by atoms with E-state index in [1.165, 1.54) is 6.20 Å². The molecule has 2 fully saturated rings. The van der Waals surface area contributed by atoms with E-state index in [2.05, 4.69) is 11.6 Å². The third-order valence-corrected chi connectivity index (χ3v) is 3.87. The van der Waals surface area contributed by atoms with Crippen molar-refractivity contribution in [2.75, 3.05) is 0 Å². The van der Waals surface area contributed by atoms with Crippen LogP contribution < -0.4 is 0 Å². The molecule has 0 aliphatic heterocycles. The summed E-state index contributed by atoms with van der Waals surface area (Å²) in [4.78, 5) is 15.2. The van der Waals surface area contributed by atoms with Gasteiger partial charge in [-0.25, -0.2) is 8.78 Å². The van der Waals surface area contributed by atoms with E-state index in [0.29, 0.717) is 12.1 Å². The maximum absolute atomic E-state index is 13.8. The molecule has 2 nitrogen and oxygen atoms in total. The van der Waals surface area contributed by atoms with Gasteiger partial charge in [-0.05, 0) is 12.8 Å². The molecular weight excluding hydrogens is 212 g/mol. The maximum Gasteiger partial charge on any atom is 0.263 e. The Kier molecular flexibility index (Phi) is 2.48. The van der Waals surface area contributed by atoms with Crippen LogP contribution in [0.2, 0.25) is 0 Å². The van der Waals surface area contributed by atoms with Crippen molar-refractivity contribution in [1.29, 1.82) is 0 Å². The Morgan fingerprint density at radius 3 is 2.88 bits per heavy atom. The standard InChI is InChI=1S/C12H15F2NO/c1-3-10(15-4-2)11-6-5-8(16)7-9(11)12(11,13)14/h4,9H,2-3,5-7H2,1H3. The van der Waals surface area contributed by atoms with Crippen LogP contribution in [0.1, 0.15) is 32.6 Å². The minimum Gasteiger partial charge on any atom is -0.300 e. The Balaban J connectivity index is 2.35. The molecule has 2 saturated carbocycles. The van der Waals surface area contributed by atoms with E-state index in [0.717, 1.165) is 0 Å². The summed E-state index contributed by atoms with van der Waals surface area (Å²) >= 11 is 0. The Hall–Kier alpha value is -1.06. The Bertz CT molecular complexity index is 375. The summed E-state index contributed by atoms with van der Waals surface area (Å²) in [6.45, 7) is 5.27. The van der Waals surface area contributed by atoms with E-state index in [1.807, 2.05) is 6.92 Å². The van der Waals surface area contributed by atoms with Crippen molar-refractivity contribution in [2.24, 2.45) is 16.3 Å². The number of halogens is 2. The van der Waals surface area contributed by atoms with E-state index in [4.69, 9.17) is 0 Å². The van der Waals surface area contributed by atoms with E-state index in [-0.39, 0.29) is 25.0 Å². The molecular formula is C12H15F2NO. The predicted molar refractivity (Wildman–Crippen MR) is 57.7 cm³/mol. The first kappa shape index (κ1) is 11.4. The van der Waals surface area contributed by atoms with Crippen LogP contribution in [0.5, 0.6) is 0 Å². The predicted octanol–water partition coefficient (Wildman–Crippen LogP) is 2.99. The second kappa shape index (κ2) is 3.47. The minimum absolute atomic E-state index is 0.00314. The fourth-order valence-corrected chi connectivity index (χ4v) is 3.01. The highest BCUT2D eigenvalue weighted by atomic mass is 19.3. The SMILES string of the molecule is C=CN=C(CC)C12CCC(=O)CC1C2(F)F. The zero-order valence-corrected chi connectivity index (χ0v) is 9.30. The molecule has 2 aliphatic carbocycles. The first-order chi connectivity index (χ1) is 7.50. The summed E-state index contributed by atoms with van der Waals surface area (Å²) < 4.78 is 27.6. The highest BCUT2D eigenvalue weighted by Gasteiger charge is 2.82. The van der Waals surface area contributed by atoms with Gasteiger partial charge >= 0.3 is 0 Å². The van der Waals surface area contributed by atoms with Gasteiger partial charge in [-0.15, -0.1) is 0 Å². The quantitative estimate of drug-likeness (QED) is 0.681. The number of nitrogens with zero attached hydrogens (tertiary/aromatic N) is 1. The lowest BCUT2D eigenvalue weighted by Gasteiger charge is -2.20. The molecule has 0 saturated heterocycles. The molecule has 0 aromatic heterocycles. The first-order valence-electron chi connectivity index (χ1n) is 5.58. The van der Waals surface area contributed by atoms with Crippen molar-refractivity contribution in [3.8, 4) is 0 Å². The number of alkyl halides is 2. The molecule has 0 bridgehead atoms. The smallest absolute Gasteiger partial charge is 0.263 e. The number of carbonyl (C=O) groups excluding carboxylic acids is 1. The summed E-state index contributed by atoms with van der Waals surface area (Å²) in [7, 11) is 0. The average Bonchev–Trinajstić information content (AvgIpc) is 2.73. The number of hydrogen-bond acceptors (Lipinski definition) is 2. The van der Waals surface area contributed by atoms with Crippen LogP contribution in [0.25, 0.3) is 0 Å². The van der Waals surface area contributed by atoms with Crippen LogP contribution in [-0.4, -0.2) is 17.4 Å². The van der Waals surface area contributed by atoms with Crippen LogP contribution in [-0.2, 0) is 4.79 Å². The molecule has 4 heteroatoms. The van der Waals surface area contributed by atoms with Crippen molar-refractivity contribution < 1.29 is 13.6 Å². The molecule has 2 atom stereocenters. The van der Waals surface area contributed by atoms with E-state index >= 15 is 0 Å². The number of hydrogen-bond donors (Lipinski definition) is 0. The number of carbonyl (C=O) groups is 1. The summed E-state index contributed by atoms with van der Waals surface area (Å²) in [6.07, 6.45) is 2.30. The van der Waals surface area contributed by atoms with Crippen molar-refractivity contribution in [2.45, 2.75) is 38.5 Å². The van der Waals surface area contributed by atoms with Gasteiger partial charge in [0.05, 0.1) is 5.41 Å². The lowest BCUT2D eigenvalue weighted by atomic mass is 9.83. The van der Waals surface area contributed by atoms with Crippen LogP contribution in [0.15, 0.2) is 17.8 Å². The Morgan fingerprint density at radius 2 is 2.38 bits per heavy atom. The van der Waals surface area contributed by atoms with Gasteiger partial charge in [0, 0.05) is 30.7 Å². The zero-order chi connectivity index (χ0) is 12.0. The summed E-state index contributed by atoms with van der Waals surface area (Å²) in [5.74, 6) is -3.62. The zero-order valence-electron chi connectivity index (χ0n) is 9.30. The summed E-state index contributed by atoms with van der Waals surface area (Å²) in [5.41, 5.74) is -0.630. The fraction of sp³-hybridized carbons (Fsp3) is 0.667. The highest BCUT2D eigenvalue weighted by Crippen LogP contribution is 2.72. The summed E-state index contributed by atoms with van der Waals surface area (Å²) in [6, 6.07) is 0. The number of Topliss-reactive ketones (excluding diaryl/α,β-unsaturated/α-hetero) is 1. The normalized spacial score (nSPS) is 36.8. The molecule has 0 heterocycles. The number of aliphatic imine (C=N–C) groups is 1. The van der Waals surface area contributed by atoms with E-state index in [9.17, 15) is 13.6 Å². The average molecular weight is 227 g/mol. The fourth-order valence-electron chi connectivity index (χ4n) is 3.01. The van der Waals surface area contributed by atoms with Gasteiger partial charge in [0.2, 0.25) is 0 Å². The van der Waals surface area contributed by atoms with Gasteiger partial charge < -0.3 is 0 Å². The molecule has 0 aromatic rings. The molecule has 2 unspecified atom stereocenters. The van der Waals surface area contributed by atoms with Gasteiger partial charge in [0.15, 0.2) is 0 Å². The monoisotopic (exact) mass is 227 g/mol. The second-order valence-corrected chi connectivity index (χ2v) is 4.50. The third kappa shape index (κ3) is 1.22. The van der Waals surface area contributed by atoms with Crippen LogP contribution in [0.3, 0.4) is 0 Å². The molecule has 16 heavy (non-hydrogen) atoms. The van der Waals surface area contributed by atoms with Crippen molar-refractivity contribution in [3.63, 3.8) is 0 Å². The lowest BCUT2D eigenvalue weighted by Crippen LogP contribution is -2.26.